The molecule has 0 saturated heterocycles. The third-order valence-electron chi connectivity index (χ3n) is 0.714. The molecule has 0 amide bonds. The van der Waals surface area contributed by atoms with E-state index in [1.807, 2.05) is 0 Å². The molecule has 0 radical (unpaired) electrons. The Hall–Kier alpha value is 1.01. The zero-order chi connectivity index (χ0) is 5.98. The summed E-state index contributed by atoms with van der Waals surface area (Å²) in [5.74, 6) is -0.478. The van der Waals surface area contributed by atoms with Gasteiger partial charge in [0.05, 0.1) is 0 Å². The van der Waals surface area contributed by atoms with Gasteiger partial charge in [0.2, 0.25) is 0 Å². The van der Waals surface area contributed by atoms with Gasteiger partial charge in [0, 0.05) is 6.20 Å². The van der Waals surface area contributed by atoms with Crippen LogP contribution in [0.1, 0.15) is 0 Å². The predicted octanol–water partition coefficient (Wildman–Crippen LogP) is 1.23. The monoisotopic (exact) mass is 171 g/mol. The quantitative estimate of drug-likeness (QED) is 0.423. The van der Waals surface area contributed by atoms with E-state index in [1.165, 1.54) is 18.3 Å². The van der Waals surface area contributed by atoms with Crippen LogP contribution in [0.25, 0.3) is 0 Å². The summed E-state index contributed by atoms with van der Waals surface area (Å²) in [7, 11) is 0. The second-order valence-electron chi connectivity index (χ2n) is 1.28. The molecule has 0 unspecified atom stereocenters. The van der Waals surface area contributed by atoms with Crippen LogP contribution in [-0.4, -0.2) is 56.4 Å². The molecule has 9 heavy (non-hydrogen) atoms. The first-order valence-electron chi connectivity index (χ1n) is 2.07. The molecule has 1 rings (SSSR count). The average Bonchev–Trinajstić information content (AvgIpc) is 1.77. The van der Waals surface area contributed by atoms with Gasteiger partial charge in [-0.1, -0.05) is 11.6 Å². The molecule has 4 heteroatoms. The standard InChI is InChI=1S/C5H3ClFN.K.H/c6-5-4(7)2-1-3-8-5;;/h1-3H;;. The Morgan fingerprint density at radius 1 is 1.56 bits per heavy atom. The van der Waals surface area contributed by atoms with Crippen LogP contribution in [0.2, 0.25) is 5.15 Å². The van der Waals surface area contributed by atoms with Crippen molar-refractivity contribution in [3.8, 4) is 0 Å². The van der Waals surface area contributed by atoms with Crippen LogP contribution in [0, 0.1) is 5.82 Å². The molecular weight excluding hydrogens is 168 g/mol. The normalized spacial score (nSPS) is 8.22. The summed E-state index contributed by atoms with van der Waals surface area (Å²) in [5, 5.41) is -0.0764. The van der Waals surface area contributed by atoms with Crippen LogP contribution < -0.4 is 0 Å². The van der Waals surface area contributed by atoms with Crippen molar-refractivity contribution in [3.05, 3.63) is 29.3 Å². The van der Waals surface area contributed by atoms with Gasteiger partial charge in [0.15, 0.2) is 11.0 Å². The molecule has 0 aromatic carbocycles. The first-order chi connectivity index (χ1) is 3.80. The first-order valence-corrected chi connectivity index (χ1v) is 2.44. The summed E-state index contributed by atoms with van der Waals surface area (Å²) in [5.41, 5.74) is 0. The van der Waals surface area contributed by atoms with Crippen LogP contribution >= 0.6 is 11.6 Å². The Bertz CT molecular complexity index is 173. The molecule has 0 aliphatic heterocycles. The number of rotatable bonds is 0. The Kier molecular flexibility index (Phi) is 5.30. The predicted molar refractivity (Wildman–Crippen MR) is 36.4 cm³/mol. The van der Waals surface area contributed by atoms with Crippen LogP contribution in [0.4, 0.5) is 4.39 Å². The molecule has 0 fully saturated rings. The molecule has 0 saturated carbocycles. The Balaban J connectivity index is 0.000000640. The van der Waals surface area contributed by atoms with Crippen molar-refractivity contribution in [1.29, 1.82) is 0 Å². The maximum absolute atomic E-state index is 12.1. The molecule has 44 valence electrons. The molecule has 0 atom stereocenters. The Morgan fingerprint density at radius 2 is 2.22 bits per heavy atom. The van der Waals surface area contributed by atoms with Gasteiger partial charge in [-0.2, -0.15) is 0 Å². The van der Waals surface area contributed by atoms with Crippen molar-refractivity contribution in [2.75, 3.05) is 0 Å². The van der Waals surface area contributed by atoms with Crippen LogP contribution in [0.3, 0.4) is 0 Å². The van der Waals surface area contributed by atoms with E-state index in [2.05, 4.69) is 4.98 Å². The molecule has 1 nitrogen and oxygen atoms in total. The average molecular weight is 172 g/mol. The topological polar surface area (TPSA) is 12.9 Å². The van der Waals surface area contributed by atoms with Gasteiger partial charge in [-0.25, -0.2) is 9.37 Å². The summed E-state index contributed by atoms with van der Waals surface area (Å²) < 4.78 is 12.1. The fourth-order valence-electron chi connectivity index (χ4n) is 0.366. The molecular formula is C5H4ClFKN. The number of hydrogen-bond acceptors (Lipinski definition) is 1. The zero-order valence-electron chi connectivity index (χ0n) is 3.94. The number of aromatic nitrogens is 1. The van der Waals surface area contributed by atoms with E-state index in [9.17, 15) is 4.39 Å². The van der Waals surface area contributed by atoms with E-state index in [0.717, 1.165) is 0 Å². The third kappa shape index (κ3) is 3.07. The van der Waals surface area contributed by atoms with Crippen LogP contribution in [0.5, 0.6) is 0 Å². The van der Waals surface area contributed by atoms with Crippen molar-refractivity contribution < 1.29 is 4.39 Å². The summed E-state index contributed by atoms with van der Waals surface area (Å²) in [6.07, 6.45) is 1.44. The Labute approximate surface area is 100 Å². The SMILES string of the molecule is Fc1cccnc1Cl.[KH]. The van der Waals surface area contributed by atoms with Gasteiger partial charge in [-0.05, 0) is 12.1 Å². The minimum atomic E-state index is -0.478. The fraction of sp³-hybridized carbons (Fsp3) is 0. The first kappa shape index (κ1) is 10.0. The molecule has 0 spiro atoms. The number of nitrogens with zero attached hydrogens (tertiary/aromatic N) is 1. The van der Waals surface area contributed by atoms with E-state index in [4.69, 9.17) is 11.6 Å². The van der Waals surface area contributed by atoms with Gasteiger partial charge in [-0.15, -0.1) is 0 Å². The van der Waals surface area contributed by atoms with Crippen molar-refractivity contribution in [1.82, 2.24) is 4.98 Å². The van der Waals surface area contributed by atoms with Crippen LogP contribution in [0.15, 0.2) is 18.3 Å². The second-order valence-corrected chi connectivity index (χ2v) is 1.63. The van der Waals surface area contributed by atoms with E-state index in [1.54, 1.807) is 0 Å². The molecule has 0 bridgehead atoms. The molecule has 0 N–H and O–H groups in total. The van der Waals surface area contributed by atoms with Gasteiger partial charge in [0.25, 0.3) is 0 Å². The molecule has 0 aliphatic rings. The molecule has 0 aliphatic carbocycles. The maximum atomic E-state index is 12.1. The fourth-order valence-corrected chi connectivity index (χ4v) is 0.486. The molecule has 1 aromatic rings. The van der Waals surface area contributed by atoms with Gasteiger partial charge in [0.1, 0.15) is 0 Å². The number of pyridine rings is 1. The zero-order valence-corrected chi connectivity index (χ0v) is 4.69. The van der Waals surface area contributed by atoms with Crippen molar-refractivity contribution in [2.45, 2.75) is 0 Å². The molecule has 1 aromatic heterocycles. The van der Waals surface area contributed by atoms with Gasteiger partial charge >= 0.3 is 51.4 Å². The van der Waals surface area contributed by atoms with Crippen molar-refractivity contribution >= 4 is 63.0 Å². The van der Waals surface area contributed by atoms with E-state index in [0.29, 0.717) is 0 Å². The van der Waals surface area contributed by atoms with E-state index in [-0.39, 0.29) is 56.5 Å². The number of hydrogen-bond donors (Lipinski definition) is 0. The Morgan fingerprint density at radius 3 is 2.56 bits per heavy atom. The summed E-state index contributed by atoms with van der Waals surface area (Å²) >= 11 is 5.22. The second kappa shape index (κ2) is 4.77. The molecule has 1 heterocycles. The van der Waals surface area contributed by atoms with E-state index >= 15 is 0 Å². The van der Waals surface area contributed by atoms with E-state index < -0.39 is 5.82 Å². The van der Waals surface area contributed by atoms with Gasteiger partial charge < -0.3 is 0 Å². The summed E-state index contributed by atoms with van der Waals surface area (Å²) in [6, 6.07) is 2.75. The minimum absolute atomic E-state index is 0. The summed E-state index contributed by atoms with van der Waals surface area (Å²) in [6.45, 7) is 0. The summed E-state index contributed by atoms with van der Waals surface area (Å²) in [4.78, 5) is 3.47. The number of halogens is 2. The van der Waals surface area contributed by atoms with Crippen LogP contribution in [-0.2, 0) is 0 Å². The van der Waals surface area contributed by atoms with Crippen molar-refractivity contribution in [3.63, 3.8) is 0 Å². The van der Waals surface area contributed by atoms with Gasteiger partial charge in [-0.3, -0.25) is 0 Å². The van der Waals surface area contributed by atoms with Crippen molar-refractivity contribution in [2.24, 2.45) is 0 Å². The third-order valence-corrected chi connectivity index (χ3v) is 0.992.